The van der Waals surface area contributed by atoms with Gasteiger partial charge in [0.2, 0.25) is 0 Å². The van der Waals surface area contributed by atoms with Crippen molar-refractivity contribution in [1.29, 1.82) is 0 Å². The minimum absolute atomic E-state index is 0.0379. The molecule has 19 heavy (non-hydrogen) atoms. The molecular weight excluding hydrogens is 262 g/mol. The summed E-state index contributed by atoms with van der Waals surface area (Å²) < 4.78 is 23.2. The zero-order valence-electron chi connectivity index (χ0n) is 12.4. The first-order chi connectivity index (χ1) is 8.88. The summed E-state index contributed by atoms with van der Waals surface area (Å²) in [6.07, 6.45) is 4.83. The van der Waals surface area contributed by atoms with Crippen LogP contribution in [-0.2, 0) is 14.6 Å². The van der Waals surface area contributed by atoms with Crippen molar-refractivity contribution in [3.63, 3.8) is 0 Å². The van der Waals surface area contributed by atoms with Gasteiger partial charge < -0.3 is 4.90 Å². The third kappa shape index (κ3) is 5.22. The normalized spacial score (nSPS) is 24.6. The molecule has 1 saturated carbocycles. The van der Waals surface area contributed by atoms with Crippen LogP contribution in [-0.4, -0.2) is 50.2 Å². The largest absolute Gasteiger partial charge is 0.303 e. The summed E-state index contributed by atoms with van der Waals surface area (Å²) in [5, 5.41) is -0.302. The number of hydrogen-bond donors (Lipinski definition) is 0. The number of ketones is 1. The molecule has 0 bridgehead atoms. The van der Waals surface area contributed by atoms with Crippen LogP contribution in [0.5, 0.6) is 0 Å². The second-order valence-corrected chi connectivity index (χ2v) is 7.88. The van der Waals surface area contributed by atoms with Gasteiger partial charge in [0.15, 0.2) is 0 Å². The van der Waals surface area contributed by atoms with Crippen molar-refractivity contribution >= 4 is 15.6 Å². The monoisotopic (exact) mass is 289 g/mol. The molecule has 0 aromatic carbocycles. The third-order valence-electron chi connectivity index (χ3n) is 4.26. The average molecular weight is 289 g/mol. The van der Waals surface area contributed by atoms with E-state index in [1.165, 1.54) is 6.26 Å². The molecule has 112 valence electrons. The fourth-order valence-electron chi connectivity index (χ4n) is 2.84. The Bertz CT molecular complexity index is 387. The zero-order chi connectivity index (χ0) is 14.5. The van der Waals surface area contributed by atoms with Crippen molar-refractivity contribution in [2.24, 2.45) is 5.92 Å². The average Bonchev–Trinajstić information content (AvgIpc) is 2.39. The molecule has 0 spiro atoms. The predicted octanol–water partition coefficient (Wildman–Crippen LogP) is 1.89. The Morgan fingerprint density at radius 1 is 1.21 bits per heavy atom. The van der Waals surface area contributed by atoms with Crippen LogP contribution in [0.3, 0.4) is 0 Å². The van der Waals surface area contributed by atoms with E-state index in [0.717, 1.165) is 38.9 Å². The molecule has 0 aromatic heterocycles. The minimum Gasteiger partial charge on any atom is -0.303 e. The van der Waals surface area contributed by atoms with Crippen molar-refractivity contribution in [3.05, 3.63) is 0 Å². The molecule has 2 unspecified atom stereocenters. The summed E-state index contributed by atoms with van der Waals surface area (Å²) >= 11 is 0. The summed E-state index contributed by atoms with van der Waals surface area (Å²) in [6.45, 7) is 6.90. The Balaban J connectivity index is 2.48. The van der Waals surface area contributed by atoms with Gasteiger partial charge in [-0.3, -0.25) is 4.79 Å². The lowest BCUT2D eigenvalue weighted by atomic mass is 9.85. The fraction of sp³-hybridized carbons (Fsp3) is 0.929. The molecule has 1 aliphatic carbocycles. The minimum atomic E-state index is -3.00. The van der Waals surface area contributed by atoms with Gasteiger partial charge in [0.1, 0.15) is 15.6 Å². The Hall–Kier alpha value is -0.420. The summed E-state index contributed by atoms with van der Waals surface area (Å²) in [5.74, 6) is 0.212. The van der Waals surface area contributed by atoms with Crippen molar-refractivity contribution in [3.8, 4) is 0 Å². The van der Waals surface area contributed by atoms with Crippen molar-refractivity contribution < 1.29 is 13.2 Å². The van der Waals surface area contributed by atoms with Crippen LogP contribution in [0, 0.1) is 5.92 Å². The maximum Gasteiger partial charge on any atom is 0.150 e. The topological polar surface area (TPSA) is 54.5 Å². The first-order valence-corrected chi connectivity index (χ1v) is 9.27. The van der Waals surface area contributed by atoms with Crippen LogP contribution in [0.25, 0.3) is 0 Å². The molecule has 1 rings (SSSR count). The molecule has 1 fully saturated rings. The highest BCUT2D eigenvalue weighted by Gasteiger charge is 2.32. The van der Waals surface area contributed by atoms with Gasteiger partial charge in [0, 0.05) is 25.1 Å². The predicted molar refractivity (Wildman–Crippen MR) is 78.0 cm³/mol. The second-order valence-electron chi connectivity index (χ2n) is 5.56. The van der Waals surface area contributed by atoms with E-state index in [0.29, 0.717) is 12.8 Å². The second kappa shape index (κ2) is 7.39. The maximum absolute atomic E-state index is 12.2. The Morgan fingerprint density at radius 3 is 2.37 bits per heavy atom. The Labute approximate surface area is 117 Å². The fourth-order valence-corrected chi connectivity index (χ4v) is 4.02. The van der Waals surface area contributed by atoms with E-state index in [1.54, 1.807) is 0 Å². The highest BCUT2D eigenvalue weighted by atomic mass is 32.2. The van der Waals surface area contributed by atoms with Crippen LogP contribution in [0.1, 0.15) is 46.0 Å². The lowest BCUT2D eigenvalue weighted by Gasteiger charge is -2.27. The van der Waals surface area contributed by atoms with Gasteiger partial charge in [-0.2, -0.15) is 0 Å². The summed E-state index contributed by atoms with van der Waals surface area (Å²) in [7, 11) is -3.00. The van der Waals surface area contributed by atoms with Crippen molar-refractivity contribution in [2.75, 3.05) is 25.9 Å². The molecule has 0 aromatic rings. The first-order valence-electron chi connectivity index (χ1n) is 7.32. The quantitative estimate of drug-likeness (QED) is 0.718. The molecule has 5 heteroatoms. The van der Waals surface area contributed by atoms with Crippen LogP contribution in [0.2, 0.25) is 0 Å². The molecule has 0 radical (unpaired) electrons. The van der Waals surface area contributed by atoms with Gasteiger partial charge in [0.05, 0.1) is 5.25 Å². The van der Waals surface area contributed by atoms with E-state index < -0.39 is 9.84 Å². The van der Waals surface area contributed by atoms with E-state index in [2.05, 4.69) is 18.7 Å². The summed E-state index contributed by atoms with van der Waals surface area (Å²) in [6, 6.07) is 0. The smallest absolute Gasteiger partial charge is 0.150 e. The van der Waals surface area contributed by atoms with Gasteiger partial charge >= 0.3 is 0 Å². The van der Waals surface area contributed by atoms with Gasteiger partial charge in [-0.05, 0) is 32.4 Å². The Morgan fingerprint density at radius 2 is 1.84 bits per heavy atom. The number of hydrogen-bond acceptors (Lipinski definition) is 4. The molecule has 2 atom stereocenters. The van der Waals surface area contributed by atoms with Crippen LogP contribution >= 0.6 is 0 Å². The summed E-state index contributed by atoms with van der Waals surface area (Å²) in [4.78, 5) is 14.4. The number of rotatable bonds is 7. The lowest BCUT2D eigenvalue weighted by molar-refractivity contribution is -0.124. The highest BCUT2D eigenvalue weighted by molar-refractivity contribution is 7.91. The van der Waals surface area contributed by atoms with E-state index in [-0.39, 0.29) is 17.0 Å². The third-order valence-corrected chi connectivity index (χ3v) is 5.89. The van der Waals surface area contributed by atoms with Gasteiger partial charge in [-0.15, -0.1) is 0 Å². The molecule has 1 aliphatic rings. The number of carbonyl (C=O) groups is 1. The van der Waals surface area contributed by atoms with Crippen LogP contribution < -0.4 is 0 Å². The lowest BCUT2D eigenvalue weighted by Crippen LogP contribution is -2.33. The highest BCUT2D eigenvalue weighted by Crippen LogP contribution is 2.29. The molecule has 0 aliphatic heterocycles. The number of Topliss-reactive ketones (excluding diaryl/α,β-unsaturated/α-hetero) is 1. The molecule has 0 N–H and O–H groups in total. The van der Waals surface area contributed by atoms with E-state index in [4.69, 9.17) is 0 Å². The molecule has 0 heterocycles. The SMILES string of the molecule is CCN(CC)CCC(=O)C1CCCC(S(C)(=O)=O)C1. The number of sulfone groups is 1. The van der Waals surface area contributed by atoms with Gasteiger partial charge in [0.25, 0.3) is 0 Å². The van der Waals surface area contributed by atoms with Gasteiger partial charge in [-0.1, -0.05) is 20.3 Å². The molecule has 0 amide bonds. The number of nitrogens with zero attached hydrogens (tertiary/aromatic N) is 1. The van der Waals surface area contributed by atoms with Gasteiger partial charge in [-0.25, -0.2) is 8.42 Å². The van der Waals surface area contributed by atoms with Crippen molar-refractivity contribution in [2.45, 2.75) is 51.2 Å². The molecular formula is C14H27NO3S. The summed E-state index contributed by atoms with van der Waals surface area (Å²) in [5.41, 5.74) is 0. The maximum atomic E-state index is 12.2. The molecule has 4 nitrogen and oxygen atoms in total. The van der Waals surface area contributed by atoms with Crippen LogP contribution in [0.4, 0.5) is 0 Å². The van der Waals surface area contributed by atoms with E-state index >= 15 is 0 Å². The van der Waals surface area contributed by atoms with Crippen molar-refractivity contribution in [1.82, 2.24) is 4.90 Å². The number of carbonyl (C=O) groups excluding carboxylic acids is 1. The standard InChI is InChI=1S/C14H27NO3S/c1-4-15(5-2)10-9-14(16)12-7-6-8-13(11-12)19(3,17)18/h12-13H,4-11H2,1-3H3. The first kappa shape index (κ1) is 16.6. The van der Waals surface area contributed by atoms with E-state index in [1.807, 2.05) is 0 Å². The molecule has 0 saturated heterocycles. The van der Waals surface area contributed by atoms with Crippen LogP contribution in [0.15, 0.2) is 0 Å². The Kier molecular flexibility index (Phi) is 6.47. The zero-order valence-corrected chi connectivity index (χ0v) is 13.2. The van der Waals surface area contributed by atoms with E-state index in [9.17, 15) is 13.2 Å².